The molecule has 0 aliphatic heterocycles. The van der Waals surface area contributed by atoms with Crippen LogP contribution in [0.1, 0.15) is 11.7 Å². The summed E-state index contributed by atoms with van der Waals surface area (Å²) >= 11 is 0. The molecule has 0 saturated heterocycles. The van der Waals surface area contributed by atoms with E-state index in [1.807, 2.05) is 55.2 Å². The van der Waals surface area contributed by atoms with Crippen LogP contribution in [0.5, 0.6) is 0 Å². The number of anilines is 1. The van der Waals surface area contributed by atoms with E-state index < -0.39 is 6.10 Å². The molecule has 0 saturated carbocycles. The fraction of sp³-hybridized carbons (Fsp3) is 0.538. The van der Waals surface area contributed by atoms with Crippen molar-refractivity contribution in [3.05, 3.63) is 29.8 Å². The highest BCUT2D eigenvalue weighted by molar-refractivity contribution is 5.46. The highest BCUT2D eigenvalue weighted by Gasteiger charge is 2.10. The Morgan fingerprint density at radius 1 is 1.12 bits per heavy atom. The Morgan fingerprint density at radius 3 is 2.18 bits per heavy atom. The second-order valence-corrected chi connectivity index (χ2v) is 4.49. The van der Waals surface area contributed by atoms with Gasteiger partial charge < -0.3 is 20.0 Å². The van der Waals surface area contributed by atoms with Gasteiger partial charge in [0.25, 0.3) is 0 Å². The SMILES string of the molecule is CN(CCO)CC(O)c1ccc(N(C)C)cc1. The summed E-state index contributed by atoms with van der Waals surface area (Å²) in [5, 5.41) is 18.8. The molecular weight excluding hydrogens is 216 g/mol. The van der Waals surface area contributed by atoms with Crippen LogP contribution in [0.15, 0.2) is 24.3 Å². The molecule has 17 heavy (non-hydrogen) atoms. The third-order valence-corrected chi connectivity index (χ3v) is 2.76. The highest BCUT2D eigenvalue weighted by atomic mass is 16.3. The lowest BCUT2D eigenvalue weighted by atomic mass is 10.1. The van der Waals surface area contributed by atoms with Crippen molar-refractivity contribution >= 4 is 5.69 Å². The van der Waals surface area contributed by atoms with Gasteiger partial charge in [-0.05, 0) is 24.7 Å². The Kier molecular flexibility index (Phi) is 5.41. The van der Waals surface area contributed by atoms with Crippen LogP contribution >= 0.6 is 0 Å². The van der Waals surface area contributed by atoms with Crippen molar-refractivity contribution in [1.29, 1.82) is 0 Å². The van der Waals surface area contributed by atoms with Crippen molar-refractivity contribution < 1.29 is 10.2 Å². The molecule has 1 aromatic carbocycles. The molecular formula is C13H22N2O2. The maximum atomic E-state index is 10.0. The molecule has 96 valence electrons. The van der Waals surface area contributed by atoms with Crippen LogP contribution < -0.4 is 4.90 Å². The van der Waals surface area contributed by atoms with Crippen molar-refractivity contribution in [3.8, 4) is 0 Å². The van der Waals surface area contributed by atoms with Gasteiger partial charge in [-0.25, -0.2) is 0 Å². The average molecular weight is 238 g/mol. The summed E-state index contributed by atoms with van der Waals surface area (Å²) in [6, 6.07) is 7.86. The minimum absolute atomic E-state index is 0.114. The molecule has 2 N–H and O–H groups in total. The monoisotopic (exact) mass is 238 g/mol. The maximum Gasteiger partial charge on any atom is 0.0916 e. The minimum Gasteiger partial charge on any atom is -0.395 e. The van der Waals surface area contributed by atoms with E-state index in [2.05, 4.69) is 0 Å². The molecule has 0 aliphatic rings. The van der Waals surface area contributed by atoms with E-state index in [0.29, 0.717) is 13.1 Å². The normalized spacial score (nSPS) is 12.8. The predicted octanol–water partition coefficient (Wildman–Crippen LogP) is 0.710. The van der Waals surface area contributed by atoms with Gasteiger partial charge >= 0.3 is 0 Å². The smallest absolute Gasteiger partial charge is 0.0916 e. The van der Waals surface area contributed by atoms with Crippen molar-refractivity contribution in [2.45, 2.75) is 6.10 Å². The summed E-state index contributed by atoms with van der Waals surface area (Å²) < 4.78 is 0. The molecule has 0 fully saturated rings. The fourth-order valence-corrected chi connectivity index (χ4v) is 1.66. The van der Waals surface area contributed by atoms with Gasteiger partial charge in [-0.15, -0.1) is 0 Å². The number of benzene rings is 1. The maximum absolute atomic E-state index is 10.0. The first-order valence-electron chi connectivity index (χ1n) is 5.79. The van der Waals surface area contributed by atoms with Gasteiger partial charge in [0.05, 0.1) is 12.7 Å². The van der Waals surface area contributed by atoms with Crippen molar-refractivity contribution in [3.63, 3.8) is 0 Å². The summed E-state index contributed by atoms with van der Waals surface area (Å²) in [6.45, 7) is 1.22. The van der Waals surface area contributed by atoms with Gasteiger partial charge in [0.1, 0.15) is 0 Å². The van der Waals surface area contributed by atoms with Crippen LogP contribution in [0.3, 0.4) is 0 Å². The molecule has 1 aromatic rings. The van der Waals surface area contributed by atoms with E-state index in [-0.39, 0.29) is 6.61 Å². The molecule has 0 spiro atoms. The lowest BCUT2D eigenvalue weighted by Crippen LogP contribution is -2.27. The quantitative estimate of drug-likeness (QED) is 0.766. The van der Waals surface area contributed by atoms with Gasteiger partial charge in [-0.1, -0.05) is 12.1 Å². The number of hydrogen-bond donors (Lipinski definition) is 2. The number of aliphatic hydroxyl groups excluding tert-OH is 2. The van der Waals surface area contributed by atoms with E-state index >= 15 is 0 Å². The second-order valence-electron chi connectivity index (χ2n) is 4.49. The molecule has 0 bridgehead atoms. The highest BCUT2D eigenvalue weighted by Crippen LogP contribution is 2.18. The van der Waals surface area contributed by atoms with Crippen LogP contribution in [0.4, 0.5) is 5.69 Å². The summed E-state index contributed by atoms with van der Waals surface area (Å²) in [5.41, 5.74) is 2.02. The molecule has 0 amide bonds. The van der Waals surface area contributed by atoms with Crippen molar-refractivity contribution in [2.75, 3.05) is 45.7 Å². The number of hydrogen-bond acceptors (Lipinski definition) is 4. The summed E-state index contributed by atoms with van der Waals surface area (Å²) in [5.74, 6) is 0. The zero-order valence-electron chi connectivity index (χ0n) is 10.8. The van der Waals surface area contributed by atoms with Crippen LogP contribution in [0.2, 0.25) is 0 Å². The number of likely N-dealkylation sites (N-methyl/N-ethyl adjacent to an activating group) is 1. The second kappa shape index (κ2) is 6.59. The van der Waals surface area contributed by atoms with Crippen LogP contribution in [0.25, 0.3) is 0 Å². The number of nitrogens with zero attached hydrogens (tertiary/aromatic N) is 2. The van der Waals surface area contributed by atoms with Crippen molar-refractivity contribution in [2.24, 2.45) is 0 Å². The third kappa shape index (κ3) is 4.34. The summed E-state index contributed by atoms with van der Waals surface area (Å²) in [6.07, 6.45) is -0.511. The largest absolute Gasteiger partial charge is 0.395 e. The first-order chi connectivity index (χ1) is 8.04. The van der Waals surface area contributed by atoms with Crippen LogP contribution in [0, 0.1) is 0 Å². The zero-order chi connectivity index (χ0) is 12.8. The predicted molar refractivity (Wildman–Crippen MR) is 70.3 cm³/mol. The van der Waals surface area contributed by atoms with Gasteiger partial charge in [0.15, 0.2) is 0 Å². The van der Waals surface area contributed by atoms with E-state index in [1.54, 1.807) is 0 Å². The molecule has 4 heteroatoms. The Balaban J connectivity index is 2.60. The molecule has 1 rings (SSSR count). The van der Waals surface area contributed by atoms with Gasteiger partial charge in [0.2, 0.25) is 0 Å². The average Bonchev–Trinajstić information content (AvgIpc) is 2.29. The lowest BCUT2D eigenvalue weighted by Gasteiger charge is -2.20. The minimum atomic E-state index is -0.511. The van der Waals surface area contributed by atoms with Crippen molar-refractivity contribution in [1.82, 2.24) is 4.90 Å². The molecule has 0 aliphatic carbocycles. The standard InChI is InChI=1S/C13H22N2O2/c1-14(2)12-6-4-11(5-7-12)13(17)10-15(3)8-9-16/h4-7,13,16-17H,8-10H2,1-3H3. The van der Waals surface area contributed by atoms with E-state index in [0.717, 1.165) is 11.3 Å². The van der Waals surface area contributed by atoms with Gasteiger partial charge in [0, 0.05) is 32.9 Å². The zero-order valence-corrected chi connectivity index (χ0v) is 10.8. The summed E-state index contributed by atoms with van der Waals surface area (Å²) in [7, 11) is 5.86. The third-order valence-electron chi connectivity index (χ3n) is 2.76. The molecule has 1 unspecified atom stereocenters. The number of aliphatic hydroxyl groups is 2. The Bertz CT molecular complexity index is 325. The van der Waals surface area contributed by atoms with E-state index in [9.17, 15) is 5.11 Å². The lowest BCUT2D eigenvalue weighted by molar-refractivity contribution is 0.115. The van der Waals surface area contributed by atoms with E-state index in [1.165, 1.54) is 0 Å². The molecule has 0 aromatic heterocycles. The Morgan fingerprint density at radius 2 is 1.71 bits per heavy atom. The molecule has 1 atom stereocenters. The Hall–Kier alpha value is -1.10. The molecule has 0 radical (unpaired) electrons. The molecule has 4 nitrogen and oxygen atoms in total. The van der Waals surface area contributed by atoms with Crippen LogP contribution in [-0.2, 0) is 0 Å². The number of rotatable bonds is 6. The fourth-order valence-electron chi connectivity index (χ4n) is 1.66. The van der Waals surface area contributed by atoms with Gasteiger partial charge in [-0.2, -0.15) is 0 Å². The van der Waals surface area contributed by atoms with Gasteiger partial charge in [-0.3, -0.25) is 0 Å². The van der Waals surface area contributed by atoms with E-state index in [4.69, 9.17) is 5.11 Å². The summed E-state index contributed by atoms with van der Waals surface area (Å²) in [4.78, 5) is 3.93. The topological polar surface area (TPSA) is 46.9 Å². The van der Waals surface area contributed by atoms with Crippen LogP contribution in [-0.4, -0.2) is 56.0 Å². The molecule has 0 heterocycles. The first kappa shape index (κ1) is 14.0. The first-order valence-corrected chi connectivity index (χ1v) is 5.79. The Labute approximate surface area is 103 Å².